The standard InChI is InChI=1S/C46H43N/c1-4-46(3,5-2)37-25-21-32(22-26-37)44-40-13-6-8-15-42(40)45(43-16-9-7-14-41(43)44)33-23-27-38(28-24-33)47-39-12-10-11-34(30-39)36-20-18-31-17-19-35(31)29-36/h6-16,18,20-28,30,35,47H,4-5,17,19,29H2,1-3H3. The second kappa shape index (κ2) is 12.0. The van der Waals surface area contributed by atoms with Crippen LogP contribution in [0.4, 0.5) is 11.4 Å². The van der Waals surface area contributed by atoms with Gasteiger partial charge in [0.05, 0.1) is 0 Å². The first-order valence-electron chi connectivity index (χ1n) is 17.5. The smallest absolute Gasteiger partial charge is 0.0390 e. The molecule has 2 aliphatic rings. The number of hydrogen-bond donors (Lipinski definition) is 1. The van der Waals surface area contributed by atoms with E-state index >= 15 is 0 Å². The van der Waals surface area contributed by atoms with E-state index in [4.69, 9.17) is 0 Å². The lowest BCUT2D eigenvalue weighted by Crippen LogP contribution is -2.19. The average molecular weight is 610 g/mol. The average Bonchev–Trinajstić information content (AvgIpc) is 3.11. The van der Waals surface area contributed by atoms with Crippen LogP contribution < -0.4 is 5.32 Å². The van der Waals surface area contributed by atoms with Gasteiger partial charge in [0.2, 0.25) is 0 Å². The predicted molar refractivity (Wildman–Crippen MR) is 203 cm³/mol. The number of allylic oxidation sites excluding steroid dienone is 4. The van der Waals surface area contributed by atoms with Crippen molar-refractivity contribution in [2.75, 3.05) is 5.32 Å². The third kappa shape index (κ3) is 5.28. The van der Waals surface area contributed by atoms with E-state index in [9.17, 15) is 0 Å². The monoisotopic (exact) mass is 609 g/mol. The molecule has 8 rings (SSSR count). The highest BCUT2D eigenvalue weighted by molar-refractivity contribution is 6.21. The lowest BCUT2D eigenvalue weighted by Gasteiger charge is -2.33. The molecule has 6 aromatic rings. The van der Waals surface area contributed by atoms with Crippen LogP contribution >= 0.6 is 0 Å². The normalized spacial score (nSPS) is 15.9. The summed E-state index contributed by atoms with van der Waals surface area (Å²) < 4.78 is 0. The molecule has 1 atom stereocenters. The summed E-state index contributed by atoms with van der Waals surface area (Å²) in [5, 5.41) is 8.84. The number of nitrogens with one attached hydrogen (secondary N) is 1. The largest absolute Gasteiger partial charge is 0.356 e. The first-order chi connectivity index (χ1) is 23.0. The maximum Gasteiger partial charge on any atom is 0.0390 e. The molecule has 0 aromatic heterocycles. The van der Waals surface area contributed by atoms with Crippen LogP contribution in [0.2, 0.25) is 0 Å². The molecule has 1 fully saturated rings. The Hall–Kier alpha value is -4.88. The third-order valence-corrected chi connectivity index (χ3v) is 11.3. The lowest BCUT2D eigenvalue weighted by molar-refractivity contribution is 0.439. The van der Waals surface area contributed by atoms with Gasteiger partial charge in [-0.1, -0.05) is 136 Å². The summed E-state index contributed by atoms with van der Waals surface area (Å²) in [5.41, 5.74) is 13.4. The molecule has 1 saturated carbocycles. The number of anilines is 2. The first-order valence-corrected chi connectivity index (χ1v) is 17.5. The van der Waals surface area contributed by atoms with E-state index in [1.165, 1.54) is 79.8 Å². The molecule has 47 heavy (non-hydrogen) atoms. The molecule has 1 nitrogen and oxygen atoms in total. The number of benzene rings is 6. The molecule has 0 radical (unpaired) electrons. The van der Waals surface area contributed by atoms with Gasteiger partial charge in [-0.25, -0.2) is 0 Å². The molecule has 0 aliphatic heterocycles. The van der Waals surface area contributed by atoms with Crippen molar-refractivity contribution in [2.24, 2.45) is 5.92 Å². The van der Waals surface area contributed by atoms with E-state index in [0.29, 0.717) is 0 Å². The van der Waals surface area contributed by atoms with Gasteiger partial charge in [0, 0.05) is 11.4 Å². The van der Waals surface area contributed by atoms with Crippen molar-refractivity contribution in [2.45, 2.75) is 58.3 Å². The summed E-state index contributed by atoms with van der Waals surface area (Å²) in [6, 6.07) is 45.2. The van der Waals surface area contributed by atoms with E-state index in [2.05, 4.69) is 160 Å². The Morgan fingerprint density at radius 1 is 0.596 bits per heavy atom. The van der Waals surface area contributed by atoms with Crippen LogP contribution in [0.25, 0.3) is 49.4 Å². The third-order valence-electron chi connectivity index (χ3n) is 11.3. The van der Waals surface area contributed by atoms with E-state index in [-0.39, 0.29) is 5.41 Å². The topological polar surface area (TPSA) is 12.0 Å². The molecule has 0 amide bonds. The van der Waals surface area contributed by atoms with Crippen LogP contribution in [-0.4, -0.2) is 0 Å². The Balaban J connectivity index is 1.15. The summed E-state index contributed by atoms with van der Waals surface area (Å²) in [5.74, 6) is 0.767. The number of hydrogen-bond acceptors (Lipinski definition) is 1. The van der Waals surface area contributed by atoms with Crippen molar-refractivity contribution in [3.8, 4) is 22.3 Å². The zero-order valence-corrected chi connectivity index (χ0v) is 27.8. The molecule has 1 unspecified atom stereocenters. The highest BCUT2D eigenvalue weighted by atomic mass is 14.9. The number of rotatable bonds is 8. The summed E-state index contributed by atoms with van der Waals surface area (Å²) in [6.07, 6.45) is 10.8. The molecule has 1 N–H and O–H groups in total. The maximum atomic E-state index is 3.68. The Bertz CT molecular complexity index is 2100. The van der Waals surface area contributed by atoms with Gasteiger partial charge in [-0.2, -0.15) is 0 Å². The van der Waals surface area contributed by atoms with Crippen LogP contribution in [0.3, 0.4) is 0 Å². The minimum Gasteiger partial charge on any atom is -0.356 e. The van der Waals surface area contributed by atoms with Crippen molar-refractivity contribution in [1.29, 1.82) is 0 Å². The molecule has 1 heteroatoms. The first kappa shape index (κ1) is 29.5. The minimum atomic E-state index is 0.209. The SMILES string of the molecule is CCC(C)(CC)c1ccc(-c2c3ccccc3c(-c3ccc(Nc4cccc(C5=CC=C6CCC6C5)c4)cc3)c3ccccc23)cc1. The second-order valence-corrected chi connectivity index (χ2v) is 13.8. The van der Waals surface area contributed by atoms with E-state index in [0.717, 1.165) is 30.1 Å². The van der Waals surface area contributed by atoms with Crippen molar-refractivity contribution < 1.29 is 0 Å². The van der Waals surface area contributed by atoms with Gasteiger partial charge in [-0.3, -0.25) is 0 Å². The number of fused-ring (bicyclic) bond motifs is 3. The van der Waals surface area contributed by atoms with E-state index in [1.807, 2.05) is 0 Å². The molecular formula is C46H43N. The fourth-order valence-electron chi connectivity index (χ4n) is 7.85. The van der Waals surface area contributed by atoms with Gasteiger partial charge >= 0.3 is 0 Å². The quantitative estimate of drug-likeness (QED) is 0.169. The Kier molecular flexibility index (Phi) is 7.57. The molecule has 0 bridgehead atoms. The Morgan fingerprint density at radius 3 is 1.68 bits per heavy atom. The Labute approximate surface area is 279 Å². The molecule has 6 aromatic carbocycles. The van der Waals surface area contributed by atoms with Gasteiger partial charge in [0.15, 0.2) is 0 Å². The van der Waals surface area contributed by atoms with Crippen LogP contribution in [0, 0.1) is 5.92 Å². The Morgan fingerprint density at radius 2 is 1.17 bits per heavy atom. The molecule has 0 saturated heterocycles. The van der Waals surface area contributed by atoms with Gasteiger partial charge in [0.25, 0.3) is 0 Å². The van der Waals surface area contributed by atoms with Crippen LogP contribution in [0.15, 0.2) is 139 Å². The molecular weight excluding hydrogens is 567 g/mol. The zero-order chi connectivity index (χ0) is 32.0. The van der Waals surface area contributed by atoms with Crippen LogP contribution in [-0.2, 0) is 5.41 Å². The summed E-state index contributed by atoms with van der Waals surface area (Å²) in [6.45, 7) is 6.98. The fraction of sp³-hybridized carbons (Fsp3) is 0.217. The van der Waals surface area contributed by atoms with Crippen LogP contribution in [0.1, 0.15) is 64.0 Å². The predicted octanol–water partition coefficient (Wildman–Crippen LogP) is 13.3. The summed E-state index contributed by atoms with van der Waals surface area (Å²) in [4.78, 5) is 0. The van der Waals surface area contributed by atoms with Crippen LogP contribution in [0.5, 0.6) is 0 Å². The van der Waals surface area contributed by atoms with Gasteiger partial charge in [-0.15, -0.1) is 0 Å². The second-order valence-electron chi connectivity index (χ2n) is 13.8. The minimum absolute atomic E-state index is 0.209. The highest BCUT2D eigenvalue weighted by Gasteiger charge is 2.27. The fourth-order valence-corrected chi connectivity index (χ4v) is 7.85. The zero-order valence-electron chi connectivity index (χ0n) is 27.8. The molecule has 0 spiro atoms. The van der Waals surface area contributed by atoms with Gasteiger partial charge in [0.1, 0.15) is 0 Å². The van der Waals surface area contributed by atoms with Crippen molar-refractivity contribution in [3.63, 3.8) is 0 Å². The lowest BCUT2D eigenvalue weighted by atomic mass is 9.72. The maximum absolute atomic E-state index is 3.68. The van der Waals surface area contributed by atoms with Gasteiger partial charge < -0.3 is 5.32 Å². The van der Waals surface area contributed by atoms with Crippen molar-refractivity contribution in [3.05, 3.63) is 150 Å². The summed E-state index contributed by atoms with van der Waals surface area (Å²) in [7, 11) is 0. The highest BCUT2D eigenvalue weighted by Crippen LogP contribution is 2.45. The van der Waals surface area contributed by atoms with Crippen molar-refractivity contribution in [1.82, 2.24) is 0 Å². The van der Waals surface area contributed by atoms with E-state index < -0.39 is 0 Å². The van der Waals surface area contributed by atoms with Crippen molar-refractivity contribution >= 4 is 38.5 Å². The molecule has 232 valence electrons. The van der Waals surface area contributed by atoms with Gasteiger partial charge in [-0.05, 0) is 128 Å². The van der Waals surface area contributed by atoms with E-state index in [1.54, 1.807) is 5.57 Å². The molecule has 0 heterocycles. The summed E-state index contributed by atoms with van der Waals surface area (Å²) >= 11 is 0. The molecule has 2 aliphatic carbocycles.